The van der Waals surface area contributed by atoms with E-state index in [1.807, 2.05) is 22.5 Å². The molecular formula is C12H20N6S. The van der Waals surface area contributed by atoms with E-state index in [0.717, 1.165) is 37.6 Å². The van der Waals surface area contributed by atoms with Crippen LogP contribution in [0, 0.1) is 0 Å². The number of rotatable bonds is 8. The number of nitrogens with zero attached hydrogens (tertiary/aromatic N) is 5. The van der Waals surface area contributed by atoms with Crippen molar-refractivity contribution in [1.29, 1.82) is 0 Å². The molecule has 0 saturated heterocycles. The van der Waals surface area contributed by atoms with Crippen molar-refractivity contribution in [2.45, 2.75) is 26.9 Å². The van der Waals surface area contributed by atoms with Crippen molar-refractivity contribution in [3.63, 3.8) is 0 Å². The lowest BCUT2D eigenvalue weighted by molar-refractivity contribution is 0.285. The van der Waals surface area contributed by atoms with Gasteiger partial charge in [0.15, 0.2) is 0 Å². The molecule has 0 saturated carbocycles. The van der Waals surface area contributed by atoms with Crippen molar-refractivity contribution in [3.8, 4) is 0 Å². The SMILES string of the molecule is CCN(CC)CCn1cc(NCc2csnn2)cn1. The van der Waals surface area contributed by atoms with E-state index in [1.54, 1.807) is 0 Å². The summed E-state index contributed by atoms with van der Waals surface area (Å²) in [5, 5.41) is 13.6. The van der Waals surface area contributed by atoms with E-state index in [4.69, 9.17) is 0 Å². The van der Waals surface area contributed by atoms with Crippen molar-refractivity contribution >= 4 is 17.2 Å². The Balaban J connectivity index is 1.78. The molecule has 0 amide bonds. The lowest BCUT2D eigenvalue weighted by Crippen LogP contribution is -2.27. The molecule has 0 aliphatic carbocycles. The van der Waals surface area contributed by atoms with Crippen molar-refractivity contribution in [2.24, 2.45) is 0 Å². The Morgan fingerprint density at radius 1 is 1.37 bits per heavy atom. The molecule has 2 rings (SSSR count). The molecule has 2 aromatic rings. The lowest BCUT2D eigenvalue weighted by Gasteiger charge is -2.17. The first-order chi connectivity index (χ1) is 9.31. The standard InChI is InChI=1S/C12H20N6S/c1-3-17(4-2)5-6-18-9-11(8-14-18)13-7-12-10-19-16-15-12/h8-10,13H,3-7H2,1-2H3. The molecule has 0 aliphatic heterocycles. The summed E-state index contributed by atoms with van der Waals surface area (Å²) in [5.41, 5.74) is 1.98. The van der Waals surface area contributed by atoms with Gasteiger partial charge in [0.1, 0.15) is 0 Å². The Hall–Kier alpha value is -1.47. The van der Waals surface area contributed by atoms with Gasteiger partial charge in [-0.25, -0.2) is 0 Å². The fourth-order valence-electron chi connectivity index (χ4n) is 1.81. The Kier molecular flexibility index (Phi) is 5.29. The molecule has 6 nitrogen and oxygen atoms in total. The minimum Gasteiger partial charge on any atom is -0.377 e. The second-order valence-corrected chi connectivity index (χ2v) is 4.88. The van der Waals surface area contributed by atoms with Crippen molar-refractivity contribution in [1.82, 2.24) is 24.3 Å². The number of likely N-dealkylation sites (N-methyl/N-ethyl adjacent to an activating group) is 1. The van der Waals surface area contributed by atoms with Gasteiger partial charge in [0.2, 0.25) is 0 Å². The van der Waals surface area contributed by atoms with Crippen LogP contribution >= 0.6 is 11.5 Å². The van der Waals surface area contributed by atoms with Gasteiger partial charge in [-0.1, -0.05) is 18.3 Å². The molecule has 7 heteroatoms. The predicted octanol–water partition coefficient (Wildman–Crippen LogP) is 1.69. The molecule has 0 unspecified atom stereocenters. The van der Waals surface area contributed by atoms with E-state index in [9.17, 15) is 0 Å². The number of aromatic nitrogens is 4. The van der Waals surface area contributed by atoms with Gasteiger partial charge in [-0.3, -0.25) is 4.68 Å². The monoisotopic (exact) mass is 280 g/mol. The molecule has 0 atom stereocenters. The Labute approximate surface area is 117 Å². The molecule has 0 fully saturated rings. The summed E-state index contributed by atoms with van der Waals surface area (Å²) in [4.78, 5) is 2.38. The zero-order valence-electron chi connectivity index (χ0n) is 11.4. The number of nitrogens with one attached hydrogen (secondary N) is 1. The van der Waals surface area contributed by atoms with Gasteiger partial charge in [0.05, 0.1) is 30.7 Å². The quantitative estimate of drug-likeness (QED) is 0.797. The summed E-state index contributed by atoms with van der Waals surface area (Å²) >= 11 is 1.37. The van der Waals surface area contributed by atoms with Crippen LogP contribution in [0.3, 0.4) is 0 Å². The Bertz CT molecular complexity index is 462. The normalized spacial score (nSPS) is 11.1. The summed E-state index contributed by atoms with van der Waals surface area (Å²) < 4.78 is 5.80. The van der Waals surface area contributed by atoms with Crippen LogP contribution in [0.15, 0.2) is 17.8 Å². The van der Waals surface area contributed by atoms with E-state index >= 15 is 0 Å². The fourth-order valence-corrected chi connectivity index (χ4v) is 2.27. The molecule has 19 heavy (non-hydrogen) atoms. The van der Waals surface area contributed by atoms with E-state index in [-0.39, 0.29) is 0 Å². The highest BCUT2D eigenvalue weighted by Crippen LogP contribution is 2.07. The van der Waals surface area contributed by atoms with Crippen molar-refractivity contribution in [2.75, 3.05) is 25.0 Å². The first-order valence-corrected chi connectivity index (χ1v) is 7.40. The molecule has 0 spiro atoms. The van der Waals surface area contributed by atoms with Crippen molar-refractivity contribution < 1.29 is 0 Å². The van der Waals surface area contributed by atoms with E-state index in [1.165, 1.54) is 11.5 Å². The van der Waals surface area contributed by atoms with Gasteiger partial charge in [-0.15, -0.1) is 5.10 Å². The molecule has 1 N–H and O–H groups in total. The second-order valence-electron chi connectivity index (χ2n) is 4.27. The van der Waals surface area contributed by atoms with Crippen molar-refractivity contribution in [3.05, 3.63) is 23.5 Å². The van der Waals surface area contributed by atoms with Gasteiger partial charge < -0.3 is 10.2 Å². The first kappa shape index (κ1) is 14.0. The molecular weight excluding hydrogens is 260 g/mol. The van der Waals surface area contributed by atoms with Crippen LogP contribution in [0.2, 0.25) is 0 Å². The zero-order valence-corrected chi connectivity index (χ0v) is 12.2. The van der Waals surface area contributed by atoms with E-state index in [2.05, 4.69) is 38.7 Å². The summed E-state index contributed by atoms with van der Waals surface area (Å²) in [7, 11) is 0. The highest BCUT2D eigenvalue weighted by molar-refractivity contribution is 7.03. The third-order valence-electron chi connectivity index (χ3n) is 3.05. The van der Waals surface area contributed by atoms with Crippen LogP contribution in [0.25, 0.3) is 0 Å². The largest absolute Gasteiger partial charge is 0.377 e. The van der Waals surface area contributed by atoms with Gasteiger partial charge in [-0.05, 0) is 24.6 Å². The number of hydrogen-bond acceptors (Lipinski definition) is 6. The molecule has 0 radical (unpaired) electrons. The highest BCUT2D eigenvalue weighted by Gasteiger charge is 2.02. The molecule has 2 aromatic heterocycles. The molecule has 0 aromatic carbocycles. The maximum Gasteiger partial charge on any atom is 0.0946 e. The van der Waals surface area contributed by atoms with Gasteiger partial charge >= 0.3 is 0 Å². The Morgan fingerprint density at radius 2 is 2.21 bits per heavy atom. The third-order valence-corrected chi connectivity index (χ3v) is 3.61. The molecule has 0 aliphatic rings. The topological polar surface area (TPSA) is 58.9 Å². The Morgan fingerprint density at radius 3 is 2.89 bits per heavy atom. The smallest absolute Gasteiger partial charge is 0.0946 e. The molecule has 2 heterocycles. The summed E-state index contributed by atoms with van der Waals surface area (Å²) in [6, 6.07) is 0. The average molecular weight is 280 g/mol. The van der Waals surface area contributed by atoms with E-state index < -0.39 is 0 Å². The van der Waals surface area contributed by atoms with E-state index in [0.29, 0.717) is 6.54 Å². The van der Waals surface area contributed by atoms with Crippen LogP contribution in [0.4, 0.5) is 5.69 Å². The van der Waals surface area contributed by atoms with Crippen LogP contribution in [0.1, 0.15) is 19.5 Å². The lowest BCUT2D eigenvalue weighted by atomic mass is 10.4. The minimum atomic E-state index is 0.693. The van der Waals surface area contributed by atoms with Gasteiger partial charge in [-0.2, -0.15) is 5.10 Å². The van der Waals surface area contributed by atoms with Crippen LogP contribution in [-0.4, -0.2) is 43.9 Å². The maximum absolute atomic E-state index is 4.35. The van der Waals surface area contributed by atoms with Crippen LogP contribution in [0.5, 0.6) is 0 Å². The minimum absolute atomic E-state index is 0.693. The third kappa shape index (κ3) is 4.29. The fraction of sp³-hybridized carbons (Fsp3) is 0.583. The summed E-state index contributed by atoms with van der Waals surface area (Å²) in [5.74, 6) is 0. The maximum atomic E-state index is 4.35. The van der Waals surface area contributed by atoms with Gasteiger partial charge in [0, 0.05) is 18.1 Å². The first-order valence-electron chi connectivity index (χ1n) is 6.56. The zero-order chi connectivity index (χ0) is 13.5. The highest BCUT2D eigenvalue weighted by atomic mass is 32.1. The van der Waals surface area contributed by atoms with Crippen LogP contribution in [-0.2, 0) is 13.1 Å². The summed E-state index contributed by atoms with van der Waals surface area (Å²) in [6.45, 7) is 9.17. The number of hydrogen-bond donors (Lipinski definition) is 1. The molecule has 0 bridgehead atoms. The molecule has 104 valence electrons. The number of anilines is 1. The summed E-state index contributed by atoms with van der Waals surface area (Å²) in [6.07, 6.45) is 3.88. The predicted molar refractivity (Wildman–Crippen MR) is 77.3 cm³/mol. The second kappa shape index (κ2) is 7.20. The average Bonchev–Trinajstić information content (AvgIpc) is 3.09. The van der Waals surface area contributed by atoms with Crippen LogP contribution < -0.4 is 5.32 Å². The van der Waals surface area contributed by atoms with Gasteiger partial charge in [0.25, 0.3) is 0 Å².